The molecular weight excluding hydrogens is 321 g/mol. The average Bonchev–Trinajstić information content (AvgIpc) is 2.66. The molecule has 0 spiro atoms. The first kappa shape index (κ1) is 13.6. The lowest BCUT2D eigenvalue weighted by Crippen LogP contribution is -2.21. The molecule has 0 saturated carbocycles. The number of halogens is 3. The van der Waals surface area contributed by atoms with Gasteiger partial charge in [-0.3, -0.25) is 0 Å². The van der Waals surface area contributed by atoms with Crippen LogP contribution < -0.4 is 5.32 Å². The zero-order valence-corrected chi connectivity index (χ0v) is 12.0. The van der Waals surface area contributed by atoms with Gasteiger partial charge in [-0.05, 0) is 12.1 Å². The fourth-order valence-electron chi connectivity index (χ4n) is 1.23. The maximum absolute atomic E-state index is 11.1. The topological polar surface area (TPSA) is 63.0 Å². The molecule has 1 aliphatic heterocycles. The predicted molar refractivity (Wildman–Crippen MR) is 75.1 cm³/mol. The van der Waals surface area contributed by atoms with E-state index in [0.717, 1.165) is 0 Å². The Hall–Kier alpha value is -0.820. The van der Waals surface area contributed by atoms with Gasteiger partial charge in [-0.15, -0.1) is 8.80 Å². The molecule has 0 bridgehead atoms. The molecule has 0 aromatic heterocycles. The molecule has 2 rings (SSSR count). The summed E-state index contributed by atoms with van der Waals surface area (Å²) in [5.74, 6) is 0.390. The molecule has 5 nitrogen and oxygen atoms in total. The number of hydrogen-bond donors (Lipinski definition) is 1. The largest absolute Gasteiger partial charge is 0.478 e. The van der Waals surface area contributed by atoms with Crippen molar-refractivity contribution in [2.75, 3.05) is 12.4 Å². The smallest absolute Gasteiger partial charge is 0.271 e. The van der Waals surface area contributed by atoms with Crippen molar-refractivity contribution >= 4 is 63.4 Å². The Kier molecular flexibility index (Phi) is 4.11. The van der Waals surface area contributed by atoms with Crippen molar-refractivity contribution in [2.45, 2.75) is 0 Å². The predicted octanol–water partition coefficient (Wildman–Crippen LogP) is 3.09. The van der Waals surface area contributed by atoms with Gasteiger partial charge in [-0.1, -0.05) is 34.8 Å². The van der Waals surface area contributed by atoms with Gasteiger partial charge in [0.05, 0.1) is 22.2 Å². The molecule has 1 unspecified atom stereocenters. The van der Waals surface area contributed by atoms with Crippen LogP contribution in [0.5, 0.6) is 0 Å². The number of methoxy groups -OCH3 is 1. The van der Waals surface area contributed by atoms with E-state index in [1.807, 2.05) is 0 Å². The second kappa shape index (κ2) is 5.44. The van der Waals surface area contributed by atoms with Crippen molar-refractivity contribution in [3.8, 4) is 0 Å². The highest BCUT2D eigenvalue weighted by atomic mass is 35.5. The molecule has 0 aliphatic carbocycles. The zero-order chi connectivity index (χ0) is 13.3. The Morgan fingerprint density at radius 1 is 1.22 bits per heavy atom. The number of hydrogen-bond acceptors (Lipinski definition) is 3. The first-order chi connectivity index (χ1) is 8.51. The highest BCUT2D eigenvalue weighted by Gasteiger charge is 2.20. The molecule has 9 heteroatoms. The molecule has 0 radical (unpaired) electrons. The van der Waals surface area contributed by atoms with Crippen LogP contribution in [0.15, 0.2) is 20.9 Å². The van der Waals surface area contributed by atoms with Gasteiger partial charge in [0.15, 0.2) is 0 Å². The molecule has 1 aromatic carbocycles. The molecule has 96 valence electrons. The SMILES string of the molecule is COC1=NS(=O)N=C1Nc1cc(Cl)c(Cl)c(Cl)c1. The van der Waals surface area contributed by atoms with E-state index in [-0.39, 0.29) is 16.8 Å². The van der Waals surface area contributed by atoms with Gasteiger partial charge in [0.2, 0.25) is 5.84 Å². The molecule has 1 atom stereocenters. The van der Waals surface area contributed by atoms with E-state index in [9.17, 15) is 4.21 Å². The minimum Gasteiger partial charge on any atom is -0.478 e. The first-order valence-corrected chi connectivity index (χ1v) is 6.76. The standard InChI is InChI=1S/C9H6Cl3N3O2S/c1-17-9-8(14-18(16)15-9)13-4-2-5(10)7(12)6(11)3-4/h2-3H,1H3,(H,13,14). The first-order valence-electron chi connectivity index (χ1n) is 4.56. The third-order valence-electron chi connectivity index (χ3n) is 1.97. The van der Waals surface area contributed by atoms with Crippen LogP contribution in [0.25, 0.3) is 0 Å². The maximum atomic E-state index is 11.1. The van der Waals surface area contributed by atoms with Crippen molar-refractivity contribution in [2.24, 2.45) is 8.80 Å². The molecule has 0 saturated heterocycles. The quantitative estimate of drug-likeness (QED) is 0.807. The second-order valence-electron chi connectivity index (χ2n) is 3.15. The minimum absolute atomic E-state index is 0.149. The van der Waals surface area contributed by atoms with E-state index in [0.29, 0.717) is 15.7 Å². The fourth-order valence-corrected chi connectivity index (χ4v) is 2.45. The van der Waals surface area contributed by atoms with Crippen molar-refractivity contribution in [3.63, 3.8) is 0 Å². The van der Waals surface area contributed by atoms with Crippen LogP contribution in [0, 0.1) is 0 Å². The van der Waals surface area contributed by atoms with Gasteiger partial charge >= 0.3 is 0 Å². The summed E-state index contributed by atoms with van der Waals surface area (Å²) in [6, 6.07) is 3.12. The van der Waals surface area contributed by atoms with Gasteiger partial charge < -0.3 is 10.1 Å². The summed E-state index contributed by atoms with van der Waals surface area (Å²) in [5.41, 5.74) is 0.539. The molecule has 18 heavy (non-hydrogen) atoms. The third kappa shape index (κ3) is 2.77. The van der Waals surface area contributed by atoms with Crippen molar-refractivity contribution in [3.05, 3.63) is 27.2 Å². The van der Waals surface area contributed by atoms with E-state index < -0.39 is 11.2 Å². The summed E-state index contributed by atoms with van der Waals surface area (Å²) in [6.07, 6.45) is 0. The molecule has 1 aromatic rings. The number of benzene rings is 1. The molecule has 1 aliphatic rings. The number of anilines is 1. The molecule has 0 amide bonds. The summed E-state index contributed by atoms with van der Waals surface area (Å²) in [7, 11) is 1.40. The zero-order valence-electron chi connectivity index (χ0n) is 8.91. The van der Waals surface area contributed by atoms with Crippen molar-refractivity contribution in [1.29, 1.82) is 0 Å². The third-order valence-corrected chi connectivity index (χ3v) is 3.83. The lowest BCUT2D eigenvalue weighted by atomic mass is 10.3. The lowest BCUT2D eigenvalue weighted by molar-refractivity contribution is 0.413. The summed E-state index contributed by atoms with van der Waals surface area (Å²) in [5, 5.41) is 3.71. The van der Waals surface area contributed by atoms with Crippen molar-refractivity contribution in [1.82, 2.24) is 0 Å². The highest BCUT2D eigenvalue weighted by Crippen LogP contribution is 2.33. The van der Waals surface area contributed by atoms with Crippen LogP contribution in [0.2, 0.25) is 15.1 Å². The Labute approximate surface area is 121 Å². The Balaban J connectivity index is 2.28. The molecule has 1 N–H and O–H groups in total. The Morgan fingerprint density at radius 3 is 2.39 bits per heavy atom. The fraction of sp³-hybridized carbons (Fsp3) is 0.111. The molecule has 1 heterocycles. The number of ether oxygens (including phenoxy) is 1. The minimum atomic E-state index is -1.68. The van der Waals surface area contributed by atoms with Gasteiger partial charge in [0, 0.05) is 5.69 Å². The molecular formula is C9H6Cl3N3O2S. The maximum Gasteiger partial charge on any atom is 0.271 e. The van der Waals surface area contributed by atoms with E-state index in [2.05, 4.69) is 14.1 Å². The Bertz CT molecular complexity index is 565. The van der Waals surface area contributed by atoms with Gasteiger partial charge in [-0.2, -0.15) is 0 Å². The normalized spacial score (nSPS) is 18.3. The Morgan fingerprint density at radius 2 is 1.83 bits per heavy atom. The van der Waals surface area contributed by atoms with Gasteiger partial charge in [0.1, 0.15) is 0 Å². The van der Waals surface area contributed by atoms with Crippen molar-refractivity contribution < 1.29 is 8.95 Å². The summed E-state index contributed by atoms with van der Waals surface area (Å²) >= 11 is 15.9. The van der Waals surface area contributed by atoms with E-state index in [4.69, 9.17) is 39.5 Å². The van der Waals surface area contributed by atoms with Crippen LogP contribution in [0.4, 0.5) is 5.69 Å². The van der Waals surface area contributed by atoms with Crippen LogP contribution in [-0.4, -0.2) is 23.1 Å². The van der Waals surface area contributed by atoms with Gasteiger partial charge in [-0.25, -0.2) is 4.21 Å². The number of amidine groups is 1. The highest BCUT2D eigenvalue weighted by molar-refractivity contribution is 7.83. The summed E-state index contributed by atoms with van der Waals surface area (Å²) in [4.78, 5) is 0. The second-order valence-corrected chi connectivity index (χ2v) is 5.17. The number of nitrogens with zero attached hydrogens (tertiary/aromatic N) is 2. The van der Waals surface area contributed by atoms with E-state index >= 15 is 0 Å². The average molecular weight is 327 g/mol. The monoisotopic (exact) mass is 325 g/mol. The molecule has 0 fully saturated rings. The summed E-state index contributed by atoms with van der Waals surface area (Å²) < 4.78 is 23.5. The summed E-state index contributed by atoms with van der Waals surface area (Å²) in [6.45, 7) is 0. The lowest BCUT2D eigenvalue weighted by Gasteiger charge is -2.08. The van der Waals surface area contributed by atoms with Crippen LogP contribution >= 0.6 is 34.8 Å². The van der Waals surface area contributed by atoms with Crippen LogP contribution in [-0.2, 0) is 15.9 Å². The number of nitrogens with one attached hydrogen (secondary N) is 1. The van der Waals surface area contributed by atoms with E-state index in [1.165, 1.54) is 7.11 Å². The van der Waals surface area contributed by atoms with Gasteiger partial charge in [0.25, 0.3) is 17.1 Å². The number of rotatable bonds is 1. The van der Waals surface area contributed by atoms with E-state index in [1.54, 1.807) is 12.1 Å². The van der Waals surface area contributed by atoms with Crippen LogP contribution in [0.1, 0.15) is 0 Å². The van der Waals surface area contributed by atoms with Crippen LogP contribution in [0.3, 0.4) is 0 Å².